The van der Waals surface area contributed by atoms with Crippen molar-refractivity contribution in [2.24, 2.45) is 0 Å². The molecule has 1 aliphatic rings. The Morgan fingerprint density at radius 1 is 1.53 bits per heavy atom. The Balaban J connectivity index is 1.82. The highest BCUT2D eigenvalue weighted by atomic mass is 16.6. The maximum absolute atomic E-state index is 11.8. The summed E-state index contributed by atoms with van der Waals surface area (Å²) in [5.41, 5.74) is 1.01. The fourth-order valence-corrected chi connectivity index (χ4v) is 2.07. The lowest BCUT2D eigenvalue weighted by atomic mass is 10.3. The molecule has 17 heavy (non-hydrogen) atoms. The van der Waals surface area contributed by atoms with Crippen molar-refractivity contribution in [2.75, 3.05) is 7.05 Å². The molecule has 0 saturated heterocycles. The van der Waals surface area contributed by atoms with E-state index in [0.717, 1.165) is 18.4 Å². The minimum atomic E-state index is -0.235. The van der Waals surface area contributed by atoms with Crippen LogP contribution in [0.4, 0.5) is 4.79 Å². The van der Waals surface area contributed by atoms with Crippen molar-refractivity contribution in [1.29, 1.82) is 0 Å². The molecule has 0 aliphatic heterocycles. The highest BCUT2D eigenvalue weighted by molar-refractivity contribution is 5.67. The van der Waals surface area contributed by atoms with Gasteiger partial charge in [0, 0.05) is 19.4 Å². The summed E-state index contributed by atoms with van der Waals surface area (Å²) in [5, 5.41) is 0. The lowest BCUT2D eigenvalue weighted by molar-refractivity contribution is 0.0702. The van der Waals surface area contributed by atoms with Crippen LogP contribution >= 0.6 is 0 Å². The summed E-state index contributed by atoms with van der Waals surface area (Å²) in [4.78, 5) is 17.4. The number of carbonyl (C=O) groups is 1. The number of carbonyl (C=O) groups excluding carboxylic acids is 1. The van der Waals surface area contributed by atoms with Crippen LogP contribution in [0.1, 0.15) is 31.2 Å². The van der Waals surface area contributed by atoms with Crippen molar-refractivity contribution < 1.29 is 9.53 Å². The minimum Gasteiger partial charge on any atom is -0.446 e. The molecule has 1 saturated carbocycles. The number of nitrogens with zero attached hydrogens (tertiary/aromatic N) is 2. The summed E-state index contributed by atoms with van der Waals surface area (Å²) in [6, 6.07) is 3.82. The molecule has 1 aromatic heterocycles. The van der Waals surface area contributed by atoms with Gasteiger partial charge in [-0.2, -0.15) is 0 Å². The van der Waals surface area contributed by atoms with Gasteiger partial charge in [0.2, 0.25) is 0 Å². The Kier molecular flexibility index (Phi) is 3.96. The summed E-state index contributed by atoms with van der Waals surface area (Å²) in [7, 11) is 1.75. The third kappa shape index (κ3) is 3.44. The molecule has 4 nitrogen and oxygen atoms in total. The Bertz CT molecular complexity index is 361. The van der Waals surface area contributed by atoms with Gasteiger partial charge >= 0.3 is 6.09 Å². The van der Waals surface area contributed by atoms with E-state index in [1.54, 1.807) is 24.3 Å². The molecule has 0 atom stereocenters. The highest BCUT2D eigenvalue weighted by Gasteiger charge is 2.21. The van der Waals surface area contributed by atoms with Gasteiger partial charge in [-0.15, -0.1) is 0 Å². The van der Waals surface area contributed by atoms with Crippen LogP contribution in [0.15, 0.2) is 24.5 Å². The van der Waals surface area contributed by atoms with E-state index in [1.165, 1.54) is 12.8 Å². The summed E-state index contributed by atoms with van der Waals surface area (Å²) in [6.07, 6.45) is 7.73. The number of hydrogen-bond acceptors (Lipinski definition) is 3. The van der Waals surface area contributed by atoms with E-state index in [-0.39, 0.29) is 12.2 Å². The van der Waals surface area contributed by atoms with E-state index in [1.807, 2.05) is 12.1 Å². The van der Waals surface area contributed by atoms with E-state index in [0.29, 0.717) is 6.54 Å². The molecule has 92 valence electrons. The monoisotopic (exact) mass is 234 g/mol. The third-order valence-electron chi connectivity index (χ3n) is 3.02. The van der Waals surface area contributed by atoms with Crippen molar-refractivity contribution in [2.45, 2.75) is 38.3 Å². The highest BCUT2D eigenvalue weighted by Crippen LogP contribution is 2.21. The van der Waals surface area contributed by atoms with E-state index < -0.39 is 0 Å². The summed E-state index contributed by atoms with van der Waals surface area (Å²) in [6.45, 7) is 0.541. The Hall–Kier alpha value is -1.58. The summed E-state index contributed by atoms with van der Waals surface area (Å²) >= 11 is 0. The lowest BCUT2D eigenvalue weighted by Gasteiger charge is -2.19. The van der Waals surface area contributed by atoms with Crippen LogP contribution in [0.25, 0.3) is 0 Å². The first-order chi connectivity index (χ1) is 8.25. The van der Waals surface area contributed by atoms with Gasteiger partial charge in [0.25, 0.3) is 0 Å². The minimum absolute atomic E-state index is 0.124. The zero-order chi connectivity index (χ0) is 12.1. The van der Waals surface area contributed by atoms with Gasteiger partial charge in [-0.25, -0.2) is 4.79 Å². The standard InChI is InChI=1S/C13H18N2O2/c1-15(10-11-5-4-8-14-9-11)13(16)17-12-6-2-3-7-12/h4-5,8-9,12H,2-3,6-7,10H2,1H3. The van der Waals surface area contributed by atoms with Crippen molar-refractivity contribution >= 4 is 6.09 Å². The molecule has 0 spiro atoms. The van der Waals surface area contributed by atoms with Crippen LogP contribution in [0.3, 0.4) is 0 Å². The average Bonchev–Trinajstić information content (AvgIpc) is 2.83. The zero-order valence-corrected chi connectivity index (χ0v) is 10.1. The second kappa shape index (κ2) is 5.66. The topological polar surface area (TPSA) is 42.4 Å². The molecular weight excluding hydrogens is 216 g/mol. The molecule has 0 N–H and O–H groups in total. The molecule has 0 unspecified atom stereocenters. The van der Waals surface area contributed by atoms with Gasteiger partial charge in [-0.05, 0) is 37.3 Å². The maximum atomic E-state index is 11.8. The van der Waals surface area contributed by atoms with E-state index in [4.69, 9.17) is 4.74 Å². The first kappa shape index (κ1) is 11.9. The van der Waals surface area contributed by atoms with Crippen LogP contribution in [0.5, 0.6) is 0 Å². The molecule has 1 aromatic rings. The van der Waals surface area contributed by atoms with Crippen molar-refractivity contribution in [3.05, 3.63) is 30.1 Å². The maximum Gasteiger partial charge on any atom is 0.410 e. The third-order valence-corrected chi connectivity index (χ3v) is 3.02. The van der Waals surface area contributed by atoms with Crippen molar-refractivity contribution in [1.82, 2.24) is 9.88 Å². The van der Waals surface area contributed by atoms with Gasteiger partial charge in [0.1, 0.15) is 6.10 Å². The van der Waals surface area contributed by atoms with Gasteiger partial charge in [0.05, 0.1) is 6.54 Å². The molecule has 0 bridgehead atoms. The predicted molar refractivity (Wildman–Crippen MR) is 64.4 cm³/mol. The van der Waals surface area contributed by atoms with E-state index in [2.05, 4.69) is 4.98 Å². The lowest BCUT2D eigenvalue weighted by Crippen LogP contribution is -2.29. The van der Waals surface area contributed by atoms with Crippen LogP contribution in [-0.4, -0.2) is 29.1 Å². The van der Waals surface area contributed by atoms with Crippen LogP contribution in [-0.2, 0) is 11.3 Å². The molecule has 1 fully saturated rings. The van der Waals surface area contributed by atoms with E-state index in [9.17, 15) is 4.79 Å². The molecule has 0 aromatic carbocycles. The predicted octanol–water partition coefficient (Wildman–Crippen LogP) is 2.59. The van der Waals surface area contributed by atoms with Crippen molar-refractivity contribution in [3.63, 3.8) is 0 Å². The Labute approximate surface area is 102 Å². The normalized spacial score (nSPS) is 15.8. The fourth-order valence-electron chi connectivity index (χ4n) is 2.07. The molecule has 1 heterocycles. The molecule has 2 rings (SSSR count). The zero-order valence-electron chi connectivity index (χ0n) is 10.1. The van der Waals surface area contributed by atoms with Crippen LogP contribution in [0, 0.1) is 0 Å². The first-order valence-electron chi connectivity index (χ1n) is 6.06. The van der Waals surface area contributed by atoms with Gasteiger partial charge in [0.15, 0.2) is 0 Å². The molecule has 1 amide bonds. The van der Waals surface area contributed by atoms with Crippen molar-refractivity contribution in [3.8, 4) is 0 Å². The number of rotatable bonds is 3. The van der Waals surface area contributed by atoms with Crippen LogP contribution in [0.2, 0.25) is 0 Å². The number of amides is 1. The molecule has 4 heteroatoms. The average molecular weight is 234 g/mol. The number of aromatic nitrogens is 1. The number of pyridine rings is 1. The van der Waals surface area contributed by atoms with Crippen LogP contribution < -0.4 is 0 Å². The molecule has 1 aliphatic carbocycles. The fraction of sp³-hybridized carbons (Fsp3) is 0.538. The Morgan fingerprint density at radius 2 is 2.29 bits per heavy atom. The summed E-state index contributed by atoms with van der Waals surface area (Å²) in [5.74, 6) is 0. The SMILES string of the molecule is CN(Cc1cccnc1)C(=O)OC1CCCC1. The molecular formula is C13H18N2O2. The van der Waals surface area contributed by atoms with Gasteiger partial charge < -0.3 is 9.64 Å². The summed E-state index contributed by atoms with van der Waals surface area (Å²) < 4.78 is 5.41. The smallest absolute Gasteiger partial charge is 0.410 e. The van der Waals surface area contributed by atoms with Gasteiger partial charge in [-0.3, -0.25) is 4.98 Å². The largest absolute Gasteiger partial charge is 0.446 e. The quantitative estimate of drug-likeness (QED) is 0.807. The first-order valence-corrected chi connectivity index (χ1v) is 6.06. The second-order valence-corrected chi connectivity index (χ2v) is 4.51. The van der Waals surface area contributed by atoms with E-state index >= 15 is 0 Å². The number of hydrogen-bond donors (Lipinski definition) is 0. The second-order valence-electron chi connectivity index (χ2n) is 4.51. The molecule has 0 radical (unpaired) electrons. The number of ether oxygens (including phenoxy) is 1. The Morgan fingerprint density at radius 3 is 2.94 bits per heavy atom. The van der Waals surface area contributed by atoms with Gasteiger partial charge in [-0.1, -0.05) is 6.07 Å².